The quantitative estimate of drug-likeness (QED) is 0.818. The van der Waals surface area contributed by atoms with Crippen LogP contribution in [0, 0.1) is 0 Å². The molecule has 0 aromatic rings. The first-order valence-corrected chi connectivity index (χ1v) is 6.68. The molecule has 0 atom stereocenters. The first-order valence-electron chi connectivity index (χ1n) is 6.25. The molecule has 0 saturated carbocycles. The SMILES string of the molecule is CCC1(CC)CNC(C)(C)CN1C/C=C/Cl. The van der Waals surface area contributed by atoms with E-state index < -0.39 is 0 Å². The van der Waals surface area contributed by atoms with E-state index in [2.05, 4.69) is 37.9 Å². The molecule has 3 heteroatoms. The molecule has 16 heavy (non-hydrogen) atoms. The summed E-state index contributed by atoms with van der Waals surface area (Å²) in [4.78, 5) is 2.57. The van der Waals surface area contributed by atoms with Crippen molar-refractivity contribution in [2.45, 2.75) is 51.6 Å². The van der Waals surface area contributed by atoms with E-state index in [4.69, 9.17) is 11.6 Å². The molecule has 1 aliphatic rings. The summed E-state index contributed by atoms with van der Waals surface area (Å²) in [6, 6.07) is 0. The van der Waals surface area contributed by atoms with Crippen molar-refractivity contribution in [1.29, 1.82) is 0 Å². The molecule has 1 saturated heterocycles. The lowest BCUT2D eigenvalue weighted by atomic mass is 9.84. The Balaban J connectivity index is 2.82. The summed E-state index contributed by atoms with van der Waals surface area (Å²) in [5, 5.41) is 3.66. The highest BCUT2D eigenvalue weighted by molar-refractivity contribution is 6.25. The number of rotatable bonds is 4. The summed E-state index contributed by atoms with van der Waals surface area (Å²) in [6.07, 6.45) is 4.41. The van der Waals surface area contributed by atoms with E-state index in [1.807, 2.05) is 6.08 Å². The van der Waals surface area contributed by atoms with Gasteiger partial charge in [-0.2, -0.15) is 0 Å². The third-order valence-corrected chi connectivity index (χ3v) is 4.06. The fourth-order valence-electron chi connectivity index (χ4n) is 2.59. The molecule has 0 unspecified atom stereocenters. The minimum atomic E-state index is 0.202. The lowest BCUT2D eigenvalue weighted by Crippen LogP contribution is -2.67. The van der Waals surface area contributed by atoms with Gasteiger partial charge < -0.3 is 5.32 Å². The highest BCUT2D eigenvalue weighted by atomic mass is 35.5. The van der Waals surface area contributed by atoms with Gasteiger partial charge in [0.2, 0.25) is 0 Å². The van der Waals surface area contributed by atoms with Gasteiger partial charge in [-0.05, 0) is 26.7 Å². The van der Waals surface area contributed by atoms with E-state index in [0.717, 1.165) is 19.6 Å². The van der Waals surface area contributed by atoms with Crippen molar-refractivity contribution >= 4 is 11.6 Å². The third-order valence-electron chi connectivity index (χ3n) is 3.88. The Morgan fingerprint density at radius 2 is 1.94 bits per heavy atom. The molecule has 0 aromatic carbocycles. The predicted molar refractivity (Wildman–Crippen MR) is 72.0 cm³/mol. The van der Waals surface area contributed by atoms with E-state index in [0.29, 0.717) is 5.54 Å². The van der Waals surface area contributed by atoms with E-state index in [1.165, 1.54) is 12.8 Å². The van der Waals surface area contributed by atoms with Crippen molar-refractivity contribution in [2.75, 3.05) is 19.6 Å². The molecule has 1 rings (SSSR count). The molecule has 0 bridgehead atoms. The molecular formula is C13H25ClN2. The second-order valence-electron chi connectivity index (χ2n) is 5.41. The Morgan fingerprint density at radius 3 is 2.44 bits per heavy atom. The van der Waals surface area contributed by atoms with Gasteiger partial charge in [-0.1, -0.05) is 31.5 Å². The van der Waals surface area contributed by atoms with Crippen LogP contribution in [0.15, 0.2) is 11.6 Å². The minimum Gasteiger partial charge on any atom is -0.309 e. The molecule has 0 amide bonds. The number of hydrogen-bond donors (Lipinski definition) is 1. The monoisotopic (exact) mass is 244 g/mol. The van der Waals surface area contributed by atoms with Crippen LogP contribution in [-0.4, -0.2) is 35.6 Å². The fourth-order valence-corrected chi connectivity index (χ4v) is 2.67. The molecular weight excluding hydrogens is 220 g/mol. The zero-order valence-electron chi connectivity index (χ0n) is 11.0. The Bertz CT molecular complexity index is 244. The second-order valence-corrected chi connectivity index (χ2v) is 5.66. The molecule has 94 valence electrons. The van der Waals surface area contributed by atoms with E-state index in [9.17, 15) is 0 Å². The van der Waals surface area contributed by atoms with Crippen molar-refractivity contribution in [3.05, 3.63) is 11.6 Å². The van der Waals surface area contributed by atoms with E-state index in [-0.39, 0.29) is 5.54 Å². The smallest absolute Gasteiger partial charge is 0.0333 e. The molecule has 0 radical (unpaired) electrons. The molecule has 2 nitrogen and oxygen atoms in total. The van der Waals surface area contributed by atoms with Crippen LogP contribution >= 0.6 is 11.6 Å². The van der Waals surface area contributed by atoms with Crippen molar-refractivity contribution in [2.24, 2.45) is 0 Å². The van der Waals surface area contributed by atoms with Gasteiger partial charge in [-0.15, -0.1) is 0 Å². The Kier molecular flexibility index (Phi) is 4.84. The Hall–Kier alpha value is -0.0500. The number of piperazine rings is 1. The summed E-state index contributed by atoms with van der Waals surface area (Å²) < 4.78 is 0. The highest BCUT2D eigenvalue weighted by Gasteiger charge is 2.40. The van der Waals surface area contributed by atoms with Gasteiger partial charge in [0.25, 0.3) is 0 Å². The lowest BCUT2D eigenvalue weighted by molar-refractivity contribution is 0.0186. The second kappa shape index (κ2) is 5.52. The number of hydrogen-bond acceptors (Lipinski definition) is 2. The third kappa shape index (κ3) is 2.99. The van der Waals surface area contributed by atoms with Crippen molar-refractivity contribution < 1.29 is 0 Å². The number of nitrogens with zero attached hydrogens (tertiary/aromatic N) is 1. The summed E-state index contributed by atoms with van der Waals surface area (Å²) in [7, 11) is 0. The van der Waals surface area contributed by atoms with Gasteiger partial charge in [0.1, 0.15) is 0 Å². The zero-order valence-corrected chi connectivity index (χ0v) is 11.8. The summed E-state index contributed by atoms with van der Waals surface area (Å²) in [5.74, 6) is 0. The average molecular weight is 245 g/mol. The molecule has 1 N–H and O–H groups in total. The molecule has 1 heterocycles. The van der Waals surface area contributed by atoms with Crippen LogP contribution in [0.25, 0.3) is 0 Å². The fraction of sp³-hybridized carbons (Fsp3) is 0.846. The van der Waals surface area contributed by atoms with Crippen LogP contribution in [0.5, 0.6) is 0 Å². The summed E-state index contributed by atoms with van der Waals surface area (Å²) >= 11 is 5.65. The first kappa shape index (κ1) is 14.0. The van der Waals surface area contributed by atoms with E-state index >= 15 is 0 Å². The van der Waals surface area contributed by atoms with Crippen molar-refractivity contribution in [3.8, 4) is 0 Å². The molecule has 0 aromatic heterocycles. The van der Waals surface area contributed by atoms with E-state index in [1.54, 1.807) is 5.54 Å². The minimum absolute atomic E-state index is 0.202. The van der Waals surface area contributed by atoms with Gasteiger partial charge in [0.05, 0.1) is 0 Å². The zero-order chi connectivity index (χ0) is 12.2. The van der Waals surface area contributed by atoms with Gasteiger partial charge in [-0.3, -0.25) is 4.90 Å². The standard InChI is InChI=1S/C13H25ClN2/c1-5-13(6-2)10-15-12(3,4)11-16(13)9-7-8-14/h7-8,15H,5-6,9-11H2,1-4H3/b8-7+. The molecule has 0 aliphatic carbocycles. The number of halogens is 1. The van der Waals surface area contributed by atoms with Crippen LogP contribution in [0.3, 0.4) is 0 Å². The first-order chi connectivity index (χ1) is 7.49. The average Bonchev–Trinajstić information content (AvgIpc) is 2.26. The van der Waals surface area contributed by atoms with Crippen LogP contribution in [-0.2, 0) is 0 Å². The Morgan fingerprint density at radius 1 is 1.31 bits per heavy atom. The molecule has 0 spiro atoms. The van der Waals surface area contributed by atoms with Gasteiger partial charge >= 0.3 is 0 Å². The maximum absolute atomic E-state index is 5.65. The topological polar surface area (TPSA) is 15.3 Å². The molecule has 1 aliphatic heterocycles. The maximum atomic E-state index is 5.65. The molecule has 1 fully saturated rings. The van der Waals surface area contributed by atoms with Gasteiger partial charge in [-0.25, -0.2) is 0 Å². The summed E-state index contributed by atoms with van der Waals surface area (Å²) in [6.45, 7) is 12.2. The van der Waals surface area contributed by atoms with Crippen molar-refractivity contribution in [1.82, 2.24) is 10.2 Å². The normalized spacial score (nSPS) is 25.1. The van der Waals surface area contributed by atoms with Crippen LogP contribution in [0.2, 0.25) is 0 Å². The maximum Gasteiger partial charge on any atom is 0.0333 e. The van der Waals surface area contributed by atoms with Gasteiger partial charge in [0.15, 0.2) is 0 Å². The van der Waals surface area contributed by atoms with Crippen LogP contribution < -0.4 is 5.32 Å². The highest BCUT2D eigenvalue weighted by Crippen LogP contribution is 2.29. The largest absolute Gasteiger partial charge is 0.309 e. The van der Waals surface area contributed by atoms with Crippen LogP contribution in [0.4, 0.5) is 0 Å². The summed E-state index contributed by atoms with van der Waals surface area (Å²) in [5.41, 5.74) is 2.13. The lowest BCUT2D eigenvalue weighted by Gasteiger charge is -2.52. The van der Waals surface area contributed by atoms with Crippen LogP contribution in [0.1, 0.15) is 40.5 Å². The van der Waals surface area contributed by atoms with Crippen molar-refractivity contribution in [3.63, 3.8) is 0 Å². The Labute approximate surface area is 105 Å². The van der Waals surface area contributed by atoms with Gasteiger partial charge in [0, 0.05) is 36.2 Å². The number of nitrogens with one attached hydrogen (secondary N) is 1. The predicted octanol–water partition coefficient (Wildman–Crippen LogP) is 2.98.